The van der Waals surface area contributed by atoms with E-state index in [1.165, 1.54) is 17.5 Å². The molecule has 1 aliphatic carbocycles. The van der Waals surface area contributed by atoms with Crippen LogP contribution in [0.2, 0.25) is 0 Å². The molecule has 0 heterocycles. The number of carbonyl (C=O) groups excluding carboxylic acids is 1. The van der Waals surface area contributed by atoms with Gasteiger partial charge in [-0.25, -0.2) is 0 Å². The lowest BCUT2D eigenvalue weighted by atomic mass is 10.0. The second-order valence-electron chi connectivity index (χ2n) is 5.93. The van der Waals surface area contributed by atoms with Crippen LogP contribution < -0.4 is 5.73 Å². The van der Waals surface area contributed by atoms with Crippen LogP contribution in [0.15, 0.2) is 24.3 Å². The van der Waals surface area contributed by atoms with Crippen LogP contribution >= 0.6 is 0 Å². The molecule has 2 unspecified atom stereocenters. The molecule has 0 saturated heterocycles. The minimum Gasteiger partial charge on any atom is -0.342 e. The summed E-state index contributed by atoms with van der Waals surface area (Å²) in [5, 5.41) is 0. The van der Waals surface area contributed by atoms with E-state index < -0.39 is 0 Å². The molecule has 0 spiro atoms. The van der Waals surface area contributed by atoms with Crippen molar-refractivity contribution in [3.8, 4) is 0 Å². The number of hydrogen-bond acceptors (Lipinski definition) is 2. The number of nitrogens with zero attached hydrogens (tertiary/aromatic N) is 1. The van der Waals surface area contributed by atoms with E-state index in [1.807, 2.05) is 24.1 Å². The highest BCUT2D eigenvalue weighted by atomic mass is 16.2. The Kier molecular flexibility index (Phi) is 5.18. The van der Waals surface area contributed by atoms with Crippen molar-refractivity contribution in [2.45, 2.75) is 45.1 Å². The van der Waals surface area contributed by atoms with E-state index in [0.717, 1.165) is 19.3 Å². The van der Waals surface area contributed by atoms with Crippen LogP contribution in [-0.2, 0) is 11.2 Å². The summed E-state index contributed by atoms with van der Waals surface area (Å²) >= 11 is 0. The fourth-order valence-electron chi connectivity index (χ4n) is 3.30. The van der Waals surface area contributed by atoms with Gasteiger partial charge in [0.1, 0.15) is 0 Å². The van der Waals surface area contributed by atoms with Gasteiger partial charge in [-0.1, -0.05) is 30.7 Å². The quantitative estimate of drug-likeness (QED) is 0.896. The number of rotatable bonds is 5. The van der Waals surface area contributed by atoms with Gasteiger partial charge in [0.05, 0.1) is 0 Å². The second-order valence-corrected chi connectivity index (χ2v) is 5.93. The molecule has 0 aromatic heterocycles. The van der Waals surface area contributed by atoms with Crippen LogP contribution in [0.4, 0.5) is 0 Å². The largest absolute Gasteiger partial charge is 0.342 e. The zero-order valence-corrected chi connectivity index (χ0v) is 12.6. The Morgan fingerprint density at radius 3 is 2.80 bits per heavy atom. The first-order chi connectivity index (χ1) is 9.63. The molecule has 1 fully saturated rings. The average Bonchev–Trinajstić information content (AvgIpc) is 2.93. The fourth-order valence-corrected chi connectivity index (χ4v) is 3.30. The van der Waals surface area contributed by atoms with E-state index >= 15 is 0 Å². The predicted octanol–water partition coefficient (Wildman–Crippen LogP) is 2.51. The van der Waals surface area contributed by atoms with Crippen molar-refractivity contribution in [3.63, 3.8) is 0 Å². The number of aryl methyl sites for hydroxylation is 2. The Morgan fingerprint density at radius 1 is 1.35 bits per heavy atom. The minimum absolute atomic E-state index is 0.249. The molecule has 1 saturated carbocycles. The number of benzene rings is 1. The zero-order valence-electron chi connectivity index (χ0n) is 12.6. The van der Waals surface area contributed by atoms with Crippen molar-refractivity contribution >= 4 is 5.91 Å². The molecule has 1 aromatic rings. The van der Waals surface area contributed by atoms with Crippen molar-refractivity contribution in [2.75, 3.05) is 13.6 Å². The van der Waals surface area contributed by atoms with Gasteiger partial charge in [-0.2, -0.15) is 0 Å². The Balaban J connectivity index is 1.90. The van der Waals surface area contributed by atoms with E-state index in [2.05, 4.69) is 19.1 Å². The van der Waals surface area contributed by atoms with E-state index in [1.54, 1.807) is 0 Å². The monoisotopic (exact) mass is 274 g/mol. The Hall–Kier alpha value is -1.35. The van der Waals surface area contributed by atoms with Crippen molar-refractivity contribution in [3.05, 3.63) is 35.4 Å². The summed E-state index contributed by atoms with van der Waals surface area (Å²) in [7, 11) is 1.94. The normalized spacial score (nSPS) is 21.9. The van der Waals surface area contributed by atoms with Gasteiger partial charge in [-0.05, 0) is 49.8 Å². The molecule has 0 radical (unpaired) electrons. The van der Waals surface area contributed by atoms with Crippen molar-refractivity contribution in [1.82, 2.24) is 4.90 Å². The molecule has 2 N–H and O–H groups in total. The molecule has 0 aliphatic heterocycles. The van der Waals surface area contributed by atoms with Gasteiger partial charge in [0.15, 0.2) is 0 Å². The summed E-state index contributed by atoms with van der Waals surface area (Å²) in [6.07, 6.45) is 4.89. The maximum atomic E-state index is 12.4. The number of carbonyl (C=O) groups is 1. The molecule has 0 bridgehead atoms. The highest BCUT2D eigenvalue weighted by Crippen LogP contribution is 2.29. The molecule has 1 amide bonds. The number of nitrogens with two attached hydrogens (primary N) is 1. The lowest BCUT2D eigenvalue weighted by Crippen LogP contribution is -2.41. The van der Waals surface area contributed by atoms with E-state index in [4.69, 9.17) is 5.73 Å². The topological polar surface area (TPSA) is 46.3 Å². The van der Waals surface area contributed by atoms with Crippen LogP contribution in [0.3, 0.4) is 0 Å². The Morgan fingerprint density at radius 2 is 2.10 bits per heavy atom. The van der Waals surface area contributed by atoms with Crippen molar-refractivity contribution in [2.24, 2.45) is 11.7 Å². The fraction of sp³-hybridized carbons (Fsp3) is 0.588. The van der Waals surface area contributed by atoms with Gasteiger partial charge >= 0.3 is 0 Å². The summed E-state index contributed by atoms with van der Waals surface area (Å²) in [5.41, 5.74) is 8.35. The zero-order chi connectivity index (χ0) is 14.5. The molecule has 20 heavy (non-hydrogen) atoms. The van der Waals surface area contributed by atoms with Gasteiger partial charge in [-0.15, -0.1) is 0 Å². The van der Waals surface area contributed by atoms with Gasteiger partial charge in [-0.3, -0.25) is 4.79 Å². The van der Waals surface area contributed by atoms with E-state index in [-0.39, 0.29) is 5.91 Å². The second kappa shape index (κ2) is 6.89. The highest BCUT2D eigenvalue weighted by Gasteiger charge is 2.31. The third-order valence-corrected chi connectivity index (χ3v) is 4.68. The van der Waals surface area contributed by atoms with Gasteiger partial charge < -0.3 is 10.6 Å². The molecule has 2 rings (SSSR count). The SMILES string of the molecule is Cc1ccccc1CCC(=O)N(C)C1CCCC1CN. The Labute approximate surface area is 122 Å². The minimum atomic E-state index is 0.249. The summed E-state index contributed by atoms with van der Waals surface area (Å²) in [6, 6.07) is 8.64. The van der Waals surface area contributed by atoms with Crippen LogP contribution in [-0.4, -0.2) is 30.4 Å². The molecule has 3 nitrogen and oxygen atoms in total. The third kappa shape index (κ3) is 3.40. The average molecular weight is 274 g/mol. The summed E-state index contributed by atoms with van der Waals surface area (Å²) in [6.45, 7) is 2.80. The lowest BCUT2D eigenvalue weighted by Gasteiger charge is -2.29. The summed E-state index contributed by atoms with van der Waals surface area (Å²) in [4.78, 5) is 14.3. The van der Waals surface area contributed by atoms with Crippen LogP contribution in [0.25, 0.3) is 0 Å². The molecule has 110 valence electrons. The molecule has 1 aliphatic rings. The lowest BCUT2D eigenvalue weighted by molar-refractivity contribution is -0.132. The first-order valence-corrected chi connectivity index (χ1v) is 7.63. The molecule has 3 heteroatoms. The molecule has 1 aromatic carbocycles. The van der Waals surface area contributed by atoms with Crippen molar-refractivity contribution in [1.29, 1.82) is 0 Å². The van der Waals surface area contributed by atoms with E-state index in [0.29, 0.717) is 24.9 Å². The Bertz CT molecular complexity index is 458. The molecular formula is C17H26N2O. The van der Waals surface area contributed by atoms with Gasteiger partial charge in [0.25, 0.3) is 0 Å². The van der Waals surface area contributed by atoms with Gasteiger partial charge in [0, 0.05) is 19.5 Å². The predicted molar refractivity (Wildman–Crippen MR) is 82.5 cm³/mol. The summed E-state index contributed by atoms with van der Waals surface area (Å²) < 4.78 is 0. The maximum absolute atomic E-state index is 12.4. The smallest absolute Gasteiger partial charge is 0.222 e. The first-order valence-electron chi connectivity index (χ1n) is 7.63. The van der Waals surface area contributed by atoms with Crippen LogP contribution in [0, 0.1) is 12.8 Å². The molecular weight excluding hydrogens is 248 g/mol. The highest BCUT2D eigenvalue weighted by molar-refractivity contribution is 5.76. The summed E-state index contributed by atoms with van der Waals surface area (Å²) in [5.74, 6) is 0.737. The standard InChI is InChI=1S/C17H26N2O/c1-13-6-3-4-7-14(13)10-11-17(20)19(2)16-9-5-8-15(16)12-18/h3-4,6-7,15-16H,5,8-12,18H2,1-2H3. The molecule has 2 atom stereocenters. The van der Waals surface area contributed by atoms with Gasteiger partial charge in [0.2, 0.25) is 5.91 Å². The van der Waals surface area contributed by atoms with Crippen LogP contribution in [0.5, 0.6) is 0 Å². The number of hydrogen-bond donors (Lipinski definition) is 1. The third-order valence-electron chi connectivity index (χ3n) is 4.68. The van der Waals surface area contributed by atoms with Crippen LogP contribution in [0.1, 0.15) is 36.8 Å². The maximum Gasteiger partial charge on any atom is 0.222 e. The van der Waals surface area contributed by atoms with E-state index in [9.17, 15) is 4.79 Å². The first kappa shape index (κ1) is 15.0. The van der Waals surface area contributed by atoms with Crippen molar-refractivity contribution < 1.29 is 4.79 Å². The number of amides is 1.